The number of H-pyrrole nitrogens is 1. The Balaban J connectivity index is 2.10. The van der Waals surface area contributed by atoms with E-state index in [2.05, 4.69) is 10.2 Å². The molecule has 1 aromatic heterocycles. The number of anilines is 1. The van der Waals surface area contributed by atoms with Gasteiger partial charge in [0.15, 0.2) is 0 Å². The predicted octanol–water partition coefficient (Wildman–Crippen LogP) is 0.997. The maximum atomic E-state index is 12.4. The number of sulfonamides is 1. The van der Waals surface area contributed by atoms with Gasteiger partial charge in [-0.2, -0.15) is 5.10 Å². The van der Waals surface area contributed by atoms with Crippen molar-refractivity contribution < 1.29 is 13.2 Å². The van der Waals surface area contributed by atoms with Gasteiger partial charge in [0, 0.05) is 6.20 Å². The van der Waals surface area contributed by atoms with Crippen LogP contribution in [0.15, 0.2) is 41.6 Å². The van der Waals surface area contributed by atoms with Crippen molar-refractivity contribution in [2.75, 3.05) is 17.5 Å². The van der Waals surface area contributed by atoms with E-state index >= 15 is 0 Å². The minimum absolute atomic E-state index is 0.152. The van der Waals surface area contributed by atoms with Crippen LogP contribution in [-0.4, -0.2) is 31.8 Å². The van der Waals surface area contributed by atoms with Crippen LogP contribution in [0.1, 0.15) is 0 Å². The summed E-state index contributed by atoms with van der Waals surface area (Å²) in [6.45, 7) is 0.638. The van der Waals surface area contributed by atoms with Gasteiger partial charge in [-0.1, -0.05) is 12.1 Å². The third-order valence-corrected chi connectivity index (χ3v) is 4.53. The molecule has 0 spiro atoms. The van der Waals surface area contributed by atoms with Crippen molar-refractivity contribution in [1.82, 2.24) is 10.2 Å². The molecule has 0 unspecified atom stereocenters. The molecule has 1 aliphatic heterocycles. The zero-order valence-electron chi connectivity index (χ0n) is 9.41. The Hall–Kier alpha value is -2.02. The van der Waals surface area contributed by atoms with Gasteiger partial charge in [-0.05, 0) is 12.1 Å². The van der Waals surface area contributed by atoms with Gasteiger partial charge in [0.1, 0.15) is 17.3 Å². The zero-order valence-corrected chi connectivity index (χ0v) is 10.2. The second kappa shape index (κ2) is 4.02. The van der Waals surface area contributed by atoms with Gasteiger partial charge in [0.25, 0.3) is 10.0 Å². The van der Waals surface area contributed by atoms with Crippen LogP contribution in [-0.2, 0) is 10.0 Å². The van der Waals surface area contributed by atoms with E-state index in [9.17, 15) is 8.42 Å². The summed E-state index contributed by atoms with van der Waals surface area (Å²) in [7, 11) is -3.57. The molecule has 6 nitrogen and oxygen atoms in total. The van der Waals surface area contributed by atoms with Crippen LogP contribution in [0.2, 0.25) is 0 Å². The molecule has 0 radical (unpaired) electrons. The van der Waals surface area contributed by atoms with Crippen molar-refractivity contribution >= 4 is 15.7 Å². The van der Waals surface area contributed by atoms with Crippen LogP contribution in [0.4, 0.5) is 5.69 Å². The van der Waals surface area contributed by atoms with Gasteiger partial charge in [-0.25, -0.2) is 8.42 Å². The van der Waals surface area contributed by atoms with Gasteiger partial charge < -0.3 is 4.74 Å². The highest BCUT2D eigenvalue weighted by Crippen LogP contribution is 2.34. The highest BCUT2D eigenvalue weighted by molar-refractivity contribution is 7.92. The first-order valence-electron chi connectivity index (χ1n) is 5.43. The summed E-state index contributed by atoms with van der Waals surface area (Å²) in [4.78, 5) is 0.152. The lowest BCUT2D eigenvalue weighted by molar-refractivity contribution is 0.316. The number of benzene rings is 1. The molecule has 0 saturated heterocycles. The molecule has 2 aromatic rings. The lowest BCUT2D eigenvalue weighted by atomic mass is 10.2. The second-order valence-electron chi connectivity index (χ2n) is 3.83. The SMILES string of the molecule is O=S(=O)(c1cn[nH]c1)N1CCOc2ccccc21. The Morgan fingerprint density at radius 1 is 1.33 bits per heavy atom. The maximum absolute atomic E-state index is 12.4. The predicted molar refractivity (Wildman–Crippen MR) is 65.1 cm³/mol. The first kappa shape index (κ1) is 11.1. The van der Waals surface area contributed by atoms with Gasteiger partial charge in [-0.3, -0.25) is 9.40 Å². The molecular formula is C11H11N3O3S. The number of nitrogens with one attached hydrogen (secondary N) is 1. The summed E-state index contributed by atoms with van der Waals surface area (Å²) in [6.07, 6.45) is 2.67. The molecule has 0 amide bonds. The summed E-state index contributed by atoms with van der Waals surface area (Å²) in [5, 5.41) is 6.19. The number of aromatic nitrogens is 2. The molecule has 94 valence electrons. The third-order valence-electron chi connectivity index (χ3n) is 2.75. The summed E-state index contributed by atoms with van der Waals surface area (Å²) in [6, 6.07) is 7.08. The Bertz CT molecular complexity index is 652. The van der Waals surface area contributed by atoms with Crippen LogP contribution >= 0.6 is 0 Å². The highest BCUT2D eigenvalue weighted by atomic mass is 32.2. The molecule has 1 aliphatic rings. The molecule has 18 heavy (non-hydrogen) atoms. The number of aromatic amines is 1. The van der Waals surface area contributed by atoms with Crippen LogP contribution < -0.4 is 9.04 Å². The average Bonchev–Trinajstić information content (AvgIpc) is 2.92. The van der Waals surface area contributed by atoms with E-state index in [0.29, 0.717) is 24.6 Å². The van der Waals surface area contributed by atoms with Crippen LogP contribution in [0.3, 0.4) is 0 Å². The average molecular weight is 265 g/mol. The van der Waals surface area contributed by atoms with Crippen molar-refractivity contribution in [2.24, 2.45) is 0 Å². The third kappa shape index (κ3) is 1.63. The fourth-order valence-corrected chi connectivity index (χ4v) is 3.27. The summed E-state index contributed by atoms with van der Waals surface area (Å²) in [5.41, 5.74) is 0.560. The number of nitrogens with zero attached hydrogens (tertiary/aromatic N) is 2. The fraction of sp³-hybridized carbons (Fsp3) is 0.182. The molecule has 0 saturated carbocycles. The van der Waals surface area contributed by atoms with Crippen molar-refractivity contribution in [3.63, 3.8) is 0 Å². The van der Waals surface area contributed by atoms with Crippen LogP contribution in [0.25, 0.3) is 0 Å². The lowest BCUT2D eigenvalue weighted by Gasteiger charge is -2.29. The minimum atomic E-state index is -3.57. The lowest BCUT2D eigenvalue weighted by Crippen LogP contribution is -2.37. The summed E-state index contributed by atoms with van der Waals surface area (Å²) < 4.78 is 31.6. The normalized spacial score (nSPS) is 15.0. The van der Waals surface area contributed by atoms with E-state index < -0.39 is 10.0 Å². The van der Waals surface area contributed by atoms with Crippen molar-refractivity contribution in [3.8, 4) is 5.75 Å². The summed E-state index contributed by atoms with van der Waals surface area (Å²) >= 11 is 0. The van der Waals surface area contributed by atoms with E-state index in [1.807, 2.05) is 6.07 Å². The standard InChI is InChI=1S/C11H11N3O3S/c15-18(16,9-7-12-13-8-9)14-5-6-17-11-4-2-1-3-10(11)14/h1-4,7-8H,5-6H2,(H,12,13). The Morgan fingerprint density at radius 2 is 2.17 bits per heavy atom. The Kier molecular flexibility index (Phi) is 2.48. The van der Waals surface area contributed by atoms with Gasteiger partial charge in [0.2, 0.25) is 0 Å². The smallest absolute Gasteiger partial charge is 0.267 e. The Labute approximate surface area is 104 Å². The van der Waals surface area contributed by atoms with E-state index in [0.717, 1.165) is 0 Å². The number of hydrogen-bond donors (Lipinski definition) is 1. The second-order valence-corrected chi connectivity index (χ2v) is 5.69. The molecule has 0 fully saturated rings. The molecule has 0 bridgehead atoms. The molecule has 0 aliphatic carbocycles. The highest BCUT2D eigenvalue weighted by Gasteiger charge is 2.30. The van der Waals surface area contributed by atoms with E-state index in [4.69, 9.17) is 4.74 Å². The summed E-state index contributed by atoms with van der Waals surface area (Å²) in [5.74, 6) is 0.579. The van der Waals surface area contributed by atoms with E-state index in [1.165, 1.54) is 16.7 Å². The van der Waals surface area contributed by atoms with Crippen LogP contribution in [0.5, 0.6) is 5.75 Å². The molecular weight excluding hydrogens is 254 g/mol. The van der Waals surface area contributed by atoms with Crippen LogP contribution in [0, 0.1) is 0 Å². The maximum Gasteiger partial charge on any atom is 0.267 e. The first-order valence-corrected chi connectivity index (χ1v) is 6.87. The molecule has 0 atom stereocenters. The van der Waals surface area contributed by atoms with Crippen molar-refractivity contribution in [3.05, 3.63) is 36.7 Å². The van der Waals surface area contributed by atoms with E-state index in [-0.39, 0.29) is 4.90 Å². The van der Waals surface area contributed by atoms with Crippen molar-refractivity contribution in [2.45, 2.75) is 4.90 Å². The Morgan fingerprint density at radius 3 is 2.94 bits per heavy atom. The number of fused-ring (bicyclic) bond motifs is 1. The monoisotopic (exact) mass is 265 g/mol. The quantitative estimate of drug-likeness (QED) is 0.879. The number of para-hydroxylation sites is 2. The number of rotatable bonds is 2. The molecule has 1 aromatic carbocycles. The molecule has 1 N–H and O–H groups in total. The molecule has 2 heterocycles. The largest absolute Gasteiger partial charge is 0.489 e. The number of ether oxygens (including phenoxy) is 1. The van der Waals surface area contributed by atoms with Crippen molar-refractivity contribution in [1.29, 1.82) is 0 Å². The topological polar surface area (TPSA) is 75.3 Å². The van der Waals surface area contributed by atoms with Gasteiger partial charge >= 0.3 is 0 Å². The van der Waals surface area contributed by atoms with Gasteiger partial charge in [-0.15, -0.1) is 0 Å². The minimum Gasteiger partial charge on any atom is -0.489 e. The fourth-order valence-electron chi connectivity index (χ4n) is 1.90. The van der Waals surface area contributed by atoms with Gasteiger partial charge in [0.05, 0.1) is 18.4 Å². The zero-order chi connectivity index (χ0) is 12.6. The molecule has 7 heteroatoms. The first-order chi connectivity index (χ1) is 8.69. The molecule has 3 rings (SSSR count). The number of hydrogen-bond acceptors (Lipinski definition) is 4. The van der Waals surface area contributed by atoms with E-state index in [1.54, 1.807) is 18.2 Å².